The van der Waals surface area contributed by atoms with Crippen LogP contribution >= 0.6 is 23.1 Å². The zero-order valence-corrected chi connectivity index (χ0v) is 20.4. The van der Waals surface area contributed by atoms with Gasteiger partial charge in [0.1, 0.15) is 0 Å². The minimum Gasteiger partial charge on any atom is -0.346 e. The lowest BCUT2D eigenvalue weighted by atomic mass is 10.1. The third-order valence-corrected chi connectivity index (χ3v) is 7.00. The third-order valence-electron chi connectivity index (χ3n) is 4.98. The molecule has 2 aromatic carbocycles. The molecule has 32 heavy (non-hydrogen) atoms. The molecule has 1 atom stereocenters. The van der Waals surface area contributed by atoms with Gasteiger partial charge in [-0.05, 0) is 69.0 Å². The van der Waals surface area contributed by atoms with Gasteiger partial charge in [-0.3, -0.25) is 9.59 Å². The van der Waals surface area contributed by atoms with E-state index < -0.39 is 5.25 Å². The van der Waals surface area contributed by atoms with Gasteiger partial charge in [0.15, 0.2) is 4.34 Å². The Morgan fingerprint density at radius 2 is 1.72 bits per heavy atom. The third kappa shape index (κ3) is 6.30. The number of nitrogens with zero attached hydrogens (tertiary/aromatic N) is 2. The highest BCUT2D eigenvalue weighted by atomic mass is 32.2. The number of hydrogen-bond donors (Lipinski definition) is 3. The number of amides is 2. The number of anilines is 3. The smallest absolute Gasteiger partial charge is 0.243 e. The van der Waals surface area contributed by atoms with E-state index in [9.17, 15) is 9.59 Å². The summed E-state index contributed by atoms with van der Waals surface area (Å²) in [6.07, 6.45) is 0. The zero-order valence-electron chi connectivity index (χ0n) is 18.8. The number of aryl methyl sites for hydroxylation is 4. The van der Waals surface area contributed by atoms with Crippen molar-refractivity contribution >= 4 is 51.4 Å². The van der Waals surface area contributed by atoms with Gasteiger partial charge in [0.2, 0.25) is 16.9 Å². The van der Waals surface area contributed by atoms with Gasteiger partial charge in [0.25, 0.3) is 0 Å². The van der Waals surface area contributed by atoms with Crippen LogP contribution < -0.4 is 16.0 Å². The normalized spacial score (nSPS) is 11.7. The molecule has 1 unspecified atom stereocenters. The highest BCUT2D eigenvalue weighted by Gasteiger charge is 2.18. The van der Waals surface area contributed by atoms with E-state index in [1.54, 1.807) is 6.92 Å². The highest BCUT2D eigenvalue weighted by Crippen LogP contribution is 2.30. The van der Waals surface area contributed by atoms with Gasteiger partial charge in [-0.15, -0.1) is 10.2 Å². The summed E-state index contributed by atoms with van der Waals surface area (Å²) >= 11 is 2.69. The van der Waals surface area contributed by atoms with E-state index in [4.69, 9.17) is 0 Å². The van der Waals surface area contributed by atoms with E-state index in [1.165, 1.54) is 34.2 Å². The molecule has 0 aliphatic heterocycles. The summed E-state index contributed by atoms with van der Waals surface area (Å²) in [5.41, 5.74) is 6.12. The number of carbonyl (C=O) groups is 2. The van der Waals surface area contributed by atoms with Crippen molar-refractivity contribution < 1.29 is 9.59 Å². The average molecular weight is 470 g/mol. The number of nitrogens with one attached hydrogen (secondary N) is 3. The Bertz CT molecular complexity index is 1110. The molecule has 0 radical (unpaired) electrons. The van der Waals surface area contributed by atoms with Crippen molar-refractivity contribution in [2.24, 2.45) is 0 Å². The molecule has 1 heterocycles. The second-order valence-electron chi connectivity index (χ2n) is 7.59. The molecule has 0 saturated heterocycles. The van der Waals surface area contributed by atoms with Crippen molar-refractivity contribution in [1.82, 2.24) is 15.5 Å². The van der Waals surface area contributed by atoms with Crippen molar-refractivity contribution in [2.75, 3.05) is 17.2 Å². The highest BCUT2D eigenvalue weighted by molar-refractivity contribution is 8.02. The lowest BCUT2D eigenvalue weighted by Crippen LogP contribution is -2.37. The maximum Gasteiger partial charge on any atom is 0.243 e. The minimum absolute atomic E-state index is 0.0901. The van der Waals surface area contributed by atoms with Gasteiger partial charge < -0.3 is 16.0 Å². The van der Waals surface area contributed by atoms with Crippen LogP contribution in [0, 0.1) is 27.7 Å². The van der Waals surface area contributed by atoms with Crippen molar-refractivity contribution in [3.8, 4) is 0 Å². The van der Waals surface area contributed by atoms with Crippen molar-refractivity contribution in [1.29, 1.82) is 0 Å². The van der Waals surface area contributed by atoms with E-state index in [0.717, 1.165) is 22.5 Å². The molecule has 0 bridgehead atoms. The Morgan fingerprint density at radius 3 is 2.41 bits per heavy atom. The van der Waals surface area contributed by atoms with Gasteiger partial charge in [-0.2, -0.15) is 0 Å². The van der Waals surface area contributed by atoms with Crippen LogP contribution in [0.25, 0.3) is 0 Å². The number of thioether (sulfide) groups is 1. The van der Waals surface area contributed by atoms with Crippen molar-refractivity contribution in [2.45, 2.75) is 44.2 Å². The zero-order chi connectivity index (χ0) is 23.3. The first-order valence-electron chi connectivity index (χ1n) is 10.2. The molecule has 9 heteroatoms. The number of hydrogen-bond acceptors (Lipinski definition) is 7. The predicted octanol–water partition coefficient (Wildman–Crippen LogP) is 4.75. The number of rotatable bonds is 8. The molecule has 0 spiro atoms. The molecular formula is C23H27N5O2S2. The molecule has 0 aliphatic rings. The summed E-state index contributed by atoms with van der Waals surface area (Å²) in [5, 5.41) is 17.4. The van der Waals surface area contributed by atoms with Crippen LogP contribution in [0.4, 0.5) is 16.5 Å². The number of para-hydroxylation sites is 1. The molecular weight excluding hydrogens is 442 g/mol. The van der Waals surface area contributed by atoms with Crippen LogP contribution in [0.1, 0.15) is 29.2 Å². The molecule has 1 aromatic heterocycles. The fraction of sp³-hybridized carbons (Fsp3) is 0.304. The lowest BCUT2D eigenvalue weighted by molar-refractivity contribution is -0.123. The summed E-state index contributed by atoms with van der Waals surface area (Å²) in [5.74, 6) is -0.491. The Morgan fingerprint density at radius 1 is 1.00 bits per heavy atom. The maximum atomic E-state index is 12.4. The summed E-state index contributed by atoms with van der Waals surface area (Å²) in [6, 6.07) is 11.9. The predicted molar refractivity (Wildman–Crippen MR) is 132 cm³/mol. The average Bonchev–Trinajstić information content (AvgIpc) is 3.18. The summed E-state index contributed by atoms with van der Waals surface area (Å²) in [7, 11) is 0. The fourth-order valence-electron chi connectivity index (χ4n) is 2.96. The van der Waals surface area contributed by atoms with Gasteiger partial charge >= 0.3 is 0 Å². The van der Waals surface area contributed by atoms with Crippen LogP contribution in [0.5, 0.6) is 0 Å². The molecule has 0 aliphatic carbocycles. The standard InChI is InChI=1S/C23H27N5O2S2/c1-13-9-10-18(11-16(13)4)25-22-27-28-23(32-22)31-17(5)21(30)24-12-19(29)26-20-14(2)7-6-8-15(20)3/h6-11,17H,12H2,1-5H3,(H,24,30)(H,25,27)(H,26,29). The fourth-order valence-corrected chi connectivity index (χ4v) is 4.90. The van der Waals surface area contributed by atoms with Crippen LogP contribution in [0.2, 0.25) is 0 Å². The summed E-state index contributed by atoms with van der Waals surface area (Å²) in [6.45, 7) is 9.69. The van der Waals surface area contributed by atoms with E-state index in [2.05, 4.69) is 52.1 Å². The molecule has 7 nitrogen and oxygen atoms in total. The van der Waals surface area contributed by atoms with Crippen LogP contribution in [0.15, 0.2) is 40.7 Å². The topological polar surface area (TPSA) is 96.0 Å². The lowest BCUT2D eigenvalue weighted by Gasteiger charge is -2.13. The quantitative estimate of drug-likeness (QED) is 0.412. The molecule has 0 saturated carbocycles. The van der Waals surface area contributed by atoms with Gasteiger partial charge in [-0.25, -0.2) is 0 Å². The first-order chi connectivity index (χ1) is 15.2. The molecule has 3 aromatic rings. The molecule has 3 rings (SSSR count). The monoisotopic (exact) mass is 469 g/mol. The maximum absolute atomic E-state index is 12.4. The second-order valence-corrected chi connectivity index (χ2v) is 10.2. The Hall–Kier alpha value is -2.91. The molecule has 2 amide bonds. The number of benzene rings is 2. The number of aromatic nitrogens is 2. The van der Waals surface area contributed by atoms with Crippen molar-refractivity contribution in [3.63, 3.8) is 0 Å². The van der Waals surface area contributed by atoms with E-state index in [1.807, 2.05) is 38.1 Å². The Labute approximate surface area is 196 Å². The first kappa shape index (κ1) is 23.7. The van der Waals surface area contributed by atoms with Crippen LogP contribution in [0.3, 0.4) is 0 Å². The number of carbonyl (C=O) groups excluding carboxylic acids is 2. The molecule has 168 valence electrons. The Balaban J connectivity index is 1.49. The molecule has 3 N–H and O–H groups in total. The van der Waals surface area contributed by atoms with Gasteiger partial charge in [0.05, 0.1) is 11.8 Å². The summed E-state index contributed by atoms with van der Waals surface area (Å²) < 4.78 is 0.680. The van der Waals surface area contributed by atoms with Crippen LogP contribution in [-0.4, -0.2) is 33.8 Å². The summed E-state index contributed by atoms with van der Waals surface area (Å²) in [4.78, 5) is 24.7. The van der Waals surface area contributed by atoms with Crippen molar-refractivity contribution in [3.05, 3.63) is 58.7 Å². The largest absolute Gasteiger partial charge is 0.346 e. The molecule has 0 fully saturated rings. The SMILES string of the molecule is Cc1ccc(Nc2nnc(SC(C)C(=O)NCC(=O)Nc3c(C)cccc3C)s2)cc1C. The van der Waals surface area contributed by atoms with Crippen LogP contribution in [-0.2, 0) is 9.59 Å². The second kappa shape index (κ2) is 10.6. The van der Waals surface area contributed by atoms with E-state index in [0.29, 0.717) is 9.47 Å². The Kier molecular flexibility index (Phi) is 7.87. The minimum atomic E-state index is -0.412. The van der Waals surface area contributed by atoms with E-state index in [-0.39, 0.29) is 18.4 Å². The van der Waals surface area contributed by atoms with E-state index >= 15 is 0 Å². The van der Waals surface area contributed by atoms with Gasteiger partial charge in [0, 0.05) is 11.4 Å². The first-order valence-corrected chi connectivity index (χ1v) is 11.9. The van der Waals surface area contributed by atoms with Gasteiger partial charge in [-0.1, -0.05) is 47.4 Å².